The van der Waals surface area contributed by atoms with Crippen molar-refractivity contribution in [3.63, 3.8) is 0 Å². The van der Waals surface area contributed by atoms with E-state index in [1.165, 1.54) is 6.92 Å². The fourth-order valence-electron chi connectivity index (χ4n) is 2.55. The molecule has 0 unspecified atom stereocenters. The molecule has 28 heavy (non-hydrogen) atoms. The molecule has 0 heterocycles. The average Bonchev–Trinajstić information content (AvgIpc) is 2.71. The van der Waals surface area contributed by atoms with Crippen LogP contribution in [0.15, 0.2) is 54.6 Å². The van der Waals surface area contributed by atoms with Crippen LogP contribution in [0.5, 0.6) is 5.75 Å². The quantitative estimate of drug-likeness (QED) is 0.646. The number of ether oxygens (including phenoxy) is 2. The number of methoxy groups -OCH3 is 1. The number of amides is 2. The van der Waals surface area contributed by atoms with Crippen LogP contribution in [0, 0.1) is 0 Å². The molecule has 2 N–H and O–H groups in total. The number of hydrogen-bond donors (Lipinski definition) is 2. The zero-order chi connectivity index (χ0) is 20.4. The minimum Gasteiger partial charge on any atom is -0.497 e. The Hall–Kier alpha value is -3.35. The van der Waals surface area contributed by atoms with Crippen molar-refractivity contribution in [3.8, 4) is 5.75 Å². The maximum Gasteiger partial charge on any atom is 0.308 e. The van der Waals surface area contributed by atoms with E-state index in [2.05, 4.69) is 10.6 Å². The van der Waals surface area contributed by atoms with Crippen molar-refractivity contribution in [2.45, 2.75) is 25.9 Å². The third kappa shape index (κ3) is 7.11. The van der Waals surface area contributed by atoms with Crippen LogP contribution >= 0.6 is 0 Å². The number of carbonyl (C=O) groups excluding carboxylic acids is 3. The molecular weight excluding hydrogens is 360 g/mol. The first-order chi connectivity index (χ1) is 13.5. The van der Waals surface area contributed by atoms with E-state index in [-0.39, 0.29) is 18.9 Å². The van der Waals surface area contributed by atoms with Crippen molar-refractivity contribution in [2.24, 2.45) is 0 Å². The minimum atomic E-state index is -0.567. The summed E-state index contributed by atoms with van der Waals surface area (Å²) < 4.78 is 10.1. The normalized spacial score (nSPS) is 11.2. The number of hydrogen-bond acceptors (Lipinski definition) is 5. The summed E-state index contributed by atoms with van der Waals surface area (Å²) in [5, 5.41) is 5.40. The highest BCUT2D eigenvalue weighted by Crippen LogP contribution is 2.17. The average molecular weight is 384 g/mol. The predicted octanol–water partition coefficient (Wildman–Crippen LogP) is 2.12. The summed E-state index contributed by atoms with van der Waals surface area (Å²) in [7, 11) is 1.58. The van der Waals surface area contributed by atoms with Crippen LogP contribution in [-0.2, 0) is 25.7 Å². The van der Waals surface area contributed by atoms with Gasteiger partial charge in [-0.1, -0.05) is 42.5 Å². The zero-order valence-corrected chi connectivity index (χ0v) is 15.9. The van der Waals surface area contributed by atoms with Gasteiger partial charge in [0, 0.05) is 13.5 Å². The van der Waals surface area contributed by atoms with Crippen molar-refractivity contribution in [3.05, 3.63) is 65.7 Å². The van der Waals surface area contributed by atoms with Gasteiger partial charge in [-0.15, -0.1) is 0 Å². The van der Waals surface area contributed by atoms with E-state index in [1.54, 1.807) is 19.2 Å². The summed E-state index contributed by atoms with van der Waals surface area (Å²) >= 11 is 0. The summed E-state index contributed by atoms with van der Waals surface area (Å²) in [6.07, 6.45) is -0.0602. The van der Waals surface area contributed by atoms with Gasteiger partial charge in [0.2, 0.25) is 5.91 Å². The van der Waals surface area contributed by atoms with Gasteiger partial charge in [0.05, 0.1) is 19.6 Å². The zero-order valence-electron chi connectivity index (χ0n) is 15.9. The molecule has 0 aliphatic heterocycles. The Balaban J connectivity index is 1.79. The molecule has 0 aliphatic carbocycles. The number of carbonyl (C=O) groups is 3. The van der Waals surface area contributed by atoms with E-state index >= 15 is 0 Å². The third-order valence-electron chi connectivity index (χ3n) is 3.96. The van der Waals surface area contributed by atoms with Crippen LogP contribution < -0.4 is 15.4 Å². The molecule has 7 heteroatoms. The Kier molecular flexibility index (Phi) is 8.02. The molecule has 0 saturated heterocycles. The summed E-state index contributed by atoms with van der Waals surface area (Å²) in [5.74, 6) is -0.489. The van der Waals surface area contributed by atoms with Crippen molar-refractivity contribution >= 4 is 17.8 Å². The predicted molar refractivity (Wildman–Crippen MR) is 103 cm³/mol. The van der Waals surface area contributed by atoms with Crippen LogP contribution in [0.4, 0.5) is 0 Å². The molecule has 2 rings (SSSR count). The highest BCUT2D eigenvalue weighted by Gasteiger charge is 2.18. The molecule has 0 fully saturated rings. The number of esters is 1. The first-order valence-electron chi connectivity index (χ1n) is 8.85. The first-order valence-corrected chi connectivity index (χ1v) is 8.85. The number of rotatable bonds is 9. The van der Waals surface area contributed by atoms with Gasteiger partial charge in [-0.3, -0.25) is 14.4 Å². The lowest BCUT2D eigenvalue weighted by atomic mass is 10.0. The third-order valence-corrected chi connectivity index (χ3v) is 3.96. The molecule has 0 saturated carbocycles. The molecule has 0 bridgehead atoms. The molecular formula is C21H24N2O5. The van der Waals surface area contributed by atoms with Gasteiger partial charge < -0.3 is 20.1 Å². The Morgan fingerprint density at radius 1 is 1.00 bits per heavy atom. The maximum absolute atomic E-state index is 12.1. The van der Waals surface area contributed by atoms with Gasteiger partial charge in [0.1, 0.15) is 5.75 Å². The lowest BCUT2D eigenvalue weighted by molar-refractivity contribution is -0.149. The van der Waals surface area contributed by atoms with Crippen molar-refractivity contribution in [1.29, 1.82) is 0 Å². The molecule has 0 aliphatic rings. The van der Waals surface area contributed by atoms with Gasteiger partial charge in [0.25, 0.3) is 5.91 Å². The Labute approximate surface area is 164 Å². The molecule has 1 atom stereocenters. The van der Waals surface area contributed by atoms with Crippen molar-refractivity contribution in [2.75, 3.05) is 13.7 Å². The Bertz CT molecular complexity index is 790. The van der Waals surface area contributed by atoms with Gasteiger partial charge in [-0.25, -0.2) is 0 Å². The van der Waals surface area contributed by atoms with Crippen LogP contribution in [0.3, 0.4) is 0 Å². The Morgan fingerprint density at radius 3 is 2.29 bits per heavy atom. The summed E-state index contributed by atoms with van der Waals surface area (Å²) in [6, 6.07) is 15.9. The van der Waals surface area contributed by atoms with E-state index in [4.69, 9.17) is 9.47 Å². The van der Waals surface area contributed by atoms with Gasteiger partial charge in [-0.05, 0) is 23.3 Å². The fraction of sp³-hybridized carbons (Fsp3) is 0.286. The van der Waals surface area contributed by atoms with Crippen molar-refractivity contribution in [1.82, 2.24) is 10.6 Å². The van der Waals surface area contributed by atoms with Crippen LogP contribution in [-0.4, -0.2) is 31.5 Å². The summed E-state index contributed by atoms with van der Waals surface area (Å²) in [5.41, 5.74) is 1.69. The molecule has 0 spiro atoms. The largest absolute Gasteiger partial charge is 0.497 e. The number of nitrogens with one attached hydrogen (secondary N) is 2. The second-order valence-electron chi connectivity index (χ2n) is 6.15. The highest BCUT2D eigenvalue weighted by atomic mass is 16.5. The molecule has 2 amide bonds. The maximum atomic E-state index is 12.1. The van der Waals surface area contributed by atoms with Crippen molar-refractivity contribution < 1.29 is 23.9 Å². The van der Waals surface area contributed by atoms with Crippen LogP contribution in [0.1, 0.15) is 30.5 Å². The van der Waals surface area contributed by atoms with E-state index in [0.717, 1.165) is 16.9 Å². The van der Waals surface area contributed by atoms with E-state index in [1.807, 2.05) is 42.5 Å². The molecule has 7 nitrogen and oxygen atoms in total. The molecule has 0 aromatic heterocycles. The lowest BCUT2D eigenvalue weighted by Gasteiger charge is -2.17. The standard InChI is InChI=1S/C21H24N2O5/c1-15(24)23-19(17-6-4-3-5-7-17)12-21(26)28-14-20(25)22-13-16-8-10-18(27-2)11-9-16/h3-11,19H,12-14H2,1-2H3,(H,22,25)(H,23,24)/t19-/m0/s1. The summed E-state index contributed by atoms with van der Waals surface area (Å²) in [4.78, 5) is 35.4. The molecule has 2 aromatic carbocycles. The lowest BCUT2D eigenvalue weighted by Crippen LogP contribution is -2.31. The van der Waals surface area contributed by atoms with E-state index < -0.39 is 17.9 Å². The van der Waals surface area contributed by atoms with Crippen LogP contribution in [0.25, 0.3) is 0 Å². The SMILES string of the molecule is COc1ccc(CNC(=O)COC(=O)C[C@H](NC(C)=O)c2ccccc2)cc1. The second-order valence-corrected chi connectivity index (χ2v) is 6.15. The Morgan fingerprint density at radius 2 is 1.68 bits per heavy atom. The van der Waals surface area contributed by atoms with Gasteiger partial charge >= 0.3 is 5.97 Å². The fourth-order valence-corrected chi connectivity index (χ4v) is 2.55. The second kappa shape index (κ2) is 10.7. The smallest absolute Gasteiger partial charge is 0.308 e. The molecule has 2 aromatic rings. The number of benzene rings is 2. The monoisotopic (exact) mass is 384 g/mol. The first kappa shape index (κ1) is 21.0. The molecule has 148 valence electrons. The molecule has 0 radical (unpaired) electrons. The van der Waals surface area contributed by atoms with E-state index in [0.29, 0.717) is 6.54 Å². The van der Waals surface area contributed by atoms with Gasteiger partial charge in [-0.2, -0.15) is 0 Å². The van der Waals surface area contributed by atoms with Gasteiger partial charge in [0.15, 0.2) is 6.61 Å². The van der Waals surface area contributed by atoms with Crippen LogP contribution in [0.2, 0.25) is 0 Å². The highest BCUT2D eigenvalue weighted by molar-refractivity contribution is 5.81. The van der Waals surface area contributed by atoms with E-state index in [9.17, 15) is 14.4 Å². The topological polar surface area (TPSA) is 93.7 Å². The summed E-state index contributed by atoms with van der Waals surface area (Å²) in [6.45, 7) is 1.32. The minimum absolute atomic E-state index is 0.0602.